The second kappa shape index (κ2) is 8.76. The van der Waals surface area contributed by atoms with Crippen molar-refractivity contribution in [2.24, 2.45) is 0 Å². The van der Waals surface area contributed by atoms with Crippen LogP contribution >= 0.6 is 11.6 Å². The molecule has 0 atom stereocenters. The van der Waals surface area contributed by atoms with Crippen molar-refractivity contribution in [3.63, 3.8) is 0 Å². The molecule has 0 unspecified atom stereocenters. The number of nitrogens with zero attached hydrogens (tertiary/aromatic N) is 1. The Hall–Kier alpha value is -3.97. The van der Waals surface area contributed by atoms with Crippen LogP contribution < -0.4 is 10.6 Å². The molecule has 5 rings (SSSR count). The van der Waals surface area contributed by atoms with Crippen LogP contribution in [0.2, 0.25) is 5.02 Å². The van der Waals surface area contributed by atoms with Gasteiger partial charge in [-0.1, -0.05) is 35.9 Å². The zero-order chi connectivity index (χ0) is 23.8. The molecule has 2 N–H and O–H groups in total. The van der Waals surface area contributed by atoms with E-state index in [1.807, 2.05) is 0 Å². The van der Waals surface area contributed by atoms with E-state index in [1.165, 1.54) is 11.0 Å². The van der Waals surface area contributed by atoms with E-state index in [0.29, 0.717) is 27.9 Å². The van der Waals surface area contributed by atoms with E-state index < -0.39 is 0 Å². The van der Waals surface area contributed by atoms with Crippen molar-refractivity contribution >= 4 is 40.9 Å². The van der Waals surface area contributed by atoms with E-state index >= 15 is 0 Å². The number of amides is 4. The Morgan fingerprint density at radius 1 is 0.882 bits per heavy atom. The molecule has 0 spiro atoms. The fourth-order valence-corrected chi connectivity index (χ4v) is 4.06. The number of halogens is 1. The Bertz CT molecular complexity index is 1300. The highest BCUT2D eigenvalue weighted by atomic mass is 35.5. The number of hydrogen-bond acceptors (Lipinski definition) is 4. The van der Waals surface area contributed by atoms with Crippen molar-refractivity contribution in [3.8, 4) is 0 Å². The number of imide groups is 1. The first-order valence-corrected chi connectivity index (χ1v) is 11.2. The molecule has 1 fully saturated rings. The first-order chi connectivity index (χ1) is 16.4. The fourth-order valence-electron chi connectivity index (χ4n) is 3.80. The van der Waals surface area contributed by atoms with Gasteiger partial charge >= 0.3 is 0 Å². The summed E-state index contributed by atoms with van der Waals surface area (Å²) >= 11 is 6.24. The minimum Gasteiger partial charge on any atom is -0.349 e. The van der Waals surface area contributed by atoms with Gasteiger partial charge in [-0.15, -0.1) is 0 Å². The summed E-state index contributed by atoms with van der Waals surface area (Å²) in [5.74, 6) is -1.22. The molecule has 0 bridgehead atoms. The van der Waals surface area contributed by atoms with Crippen molar-refractivity contribution in [2.45, 2.75) is 25.4 Å². The molecular weight excluding hydrogens is 454 g/mol. The molecule has 1 aliphatic heterocycles. The molecule has 8 heteroatoms. The molecule has 1 heterocycles. The molecule has 0 aromatic heterocycles. The Labute approximate surface area is 200 Å². The minimum absolute atomic E-state index is 0.119. The molecule has 34 heavy (non-hydrogen) atoms. The van der Waals surface area contributed by atoms with Gasteiger partial charge in [-0.3, -0.25) is 24.1 Å². The lowest BCUT2D eigenvalue weighted by molar-refractivity contribution is 0.0641. The van der Waals surface area contributed by atoms with Crippen molar-refractivity contribution in [2.75, 3.05) is 5.32 Å². The van der Waals surface area contributed by atoms with Crippen molar-refractivity contribution in [3.05, 3.63) is 99.6 Å². The fraction of sp³-hybridized carbons (Fsp3) is 0.154. The molecule has 4 amide bonds. The second-order valence-electron chi connectivity index (χ2n) is 8.34. The van der Waals surface area contributed by atoms with Crippen LogP contribution in [0.5, 0.6) is 0 Å². The first-order valence-electron chi connectivity index (χ1n) is 10.9. The predicted octanol–water partition coefficient (Wildman–Crippen LogP) is 4.28. The highest BCUT2D eigenvalue weighted by Crippen LogP contribution is 2.26. The van der Waals surface area contributed by atoms with Gasteiger partial charge in [-0.05, 0) is 60.9 Å². The average Bonchev–Trinajstić information content (AvgIpc) is 3.62. The third-order valence-corrected chi connectivity index (χ3v) is 6.13. The maximum atomic E-state index is 12.7. The van der Waals surface area contributed by atoms with Crippen LogP contribution in [0.3, 0.4) is 0 Å². The zero-order valence-corrected chi connectivity index (χ0v) is 18.8. The van der Waals surface area contributed by atoms with Crippen LogP contribution in [-0.2, 0) is 6.54 Å². The van der Waals surface area contributed by atoms with Crippen LogP contribution in [-0.4, -0.2) is 34.6 Å². The lowest BCUT2D eigenvalue weighted by atomic mass is 10.1. The minimum atomic E-state index is -0.349. The summed E-state index contributed by atoms with van der Waals surface area (Å²) < 4.78 is 0. The number of carbonyl (C=O) groups excluding carboxylic acids is 4. The summed E-state index contributed by atoms with van der Waals surface area (Å²) in [6.07, 6.45) is 1.96. The van der Waals surface area contributed by atoms with Crippen LogP contribution in [0.15, 0.2) is 66.7 Å². The molecule has 3 aromatic rings. The van der Waals surface area contributed by atoms with Gasteiger partial charge in [-0.2, -0.15) is 0 Å². The monoisotopic (exact) mass is 473 g/mol. The number of fused-ring (bicyclic) bond motifs is 1. The summed E-state index contributed by atoms with van der Waals surface area (Å²) in [6.45, 7) is 0.119. The molecule has 2 aliphatic rings. The van der Waals surface area contributed by atoms with E-state index in [9.17, 15) is 19.2 Å². The number of hydrogen-bond donors (Lipinski definition) is 2. The smallest absolute Gasteiger partial charge is 0.261 e. The van der Waals surface area contributed by atoms with Crippen molar-refractivity contribution in [1.82, 2.24) is 10.2 Å². The summed E-state index contributed by atoms with van der Waals surface area (Å²) in [4.78, 5) is 51.1. The summed E-state index contributed by atoms with van der Waals surface area (Å²) in [5, 5.41) is 5.90. The molecule has 0 radical (unpaired) electrons. The Morgan fingerprint density at radius 2 is 1.53 bits per heavy atom. The third-order valence-electron chi connectivity index (χ3n) is 5.82. The van der Waals surface area contributed by atoms with Gasteiger partial charge in [-0.25, -0.2) is 0 Å². The number of carbonyl (C=O) groups is 4. The third kappa shape index (κ3) is 4.30. The normalized spacial score (nSPS) is 14.7. The molecular formula is C26H20ClN3O4. The average molecular weight is 474 g/mol. The van der Waals surface area contributed by atoms with Gasteiger partial charge in [0, 0.05) is 17.3 Å². The standard InChI is InChI=1S/C26H20ClN3O4/c27-22-13-18(11-12-21(22)24(32)28-17-9-10-17)29-23(31)16-7-5-15(6-8-16)14-30-25(33)19-3-1-2-4-20(19)26(30)34/h1-8,11-13,17H,9-10,14H2,(H,28,32)(H,29,31). The van der Waals surface area contributed by atoms with E-state index in [1.54, 1.807) is 60.7 Å². The molecule has 1 aliphatic carbocycles. The van der Waals surface area contributed by atoms with Gasteiger partial charge in [0.15, 0.2) is 0 Å². The number of anilines is 1. The summed E-state index contributed by atoms with van der Waals surface area (Å²) in [7, 11) is 0. The lowest BCUT2D eigenvalue weighted by Crippen LogP contribution is -2.29. The van der Waals surface area contributed by atoms with Crippen LogP contribution in [0.1, 0.15) is 59.8 Å². The quantitative estimate of drug-likeness (QED) is 0.522. The first kappa shape index (κ1) is 21.9. The highest BCUT2D eigenvalue weighted by molar-refractivity contribution is 6.34. The van der Waals surface area contributed by atoms with Crippen molar-refractivity contribution in [1.29, 1.82) is 0 Å². The lowest BCUT2D eigenvalue weighted by Gasteiger charge is -2.14. The Kier molecular flexibility index (Phi) is 5.63. The van der Waals surface area contributed by atoms with Gasteiger partial charge < -0.3 is 10.6 Å². The zero-order valence-electron chi connectivity index (χ0n) is 18.0. The summed E-state index contributed by atoms with van der Waals surface area (Å²) in [6, 6.07) is 18.4. The van der Waals surface area contributed by atoms with E-state index in [4.69, 9.17) is 11.6 Å². The van der Waals surface area contributed by atoms with Crippen LogP contribution in [0.4, 0.5) is 5.69 Å². The molecule has 0 saturated heterocycles. The van der Waals surface area contributed by atoms with Gasteiger partial charge in [0.2, 0.25) is 0 Å². The summed E-state index contributed by atoms with van der Waals surface area (Å²) in [5.41, 5.74) is 2.76. The van der Waals surface area contributed by atoms with E-state index in [-0.39, 0.29) is 41.2 Å². The van der Waals surface area contributed by atoms with Gasteiger partial charge in [0.05, 0.1) is 28.3 Å². The maximum absolute atomic E-state index is 12.7. The molecule has 170 valence electrons. The topological polar surface area (TPSA) is 95.6 Å². The maximum Gasteiger partial charge on any atom is 0.261 e. The number of benzene rings is 3. The van der Waals surface area contributed by atoms with Gasteiger partial charge in [0.1, 0.15) is 0 Å². The van der Waals surface area contributed by atoms with E-state index in [0.717, 1.165) is 18.4 Å². The predicted molar refractivity (Wildman–Crippen MR) is 127 cm³/mol. The molecule has 1 saturated carbocycles. The highest BCUT2D eigenvalue weighted by Gasteiger charge is 2.34. The van der Waals surface area contributed by atoms with E-state index in [2.05, 4.69) is 10.6 Å². The van der Waals surface area contributed by atoms with Crippen molar-refractivity contribution < 1.29 is 19.2 Å². The largest absolute Gasteiger partial charge is 0.349 e. The molecule has 7 nitrogen and oxygen atoms in total. The Morgan fingerprint density at radius 3 is 2.12 bits per heavy atom. The Balaban J connectivity index is 1.23. The van der Waals surface area contributed by atoms with Crippen LogP contribution in [0.25, 0.3) is 0 Å². The van der Waals surface area contributed by atoms with Crippen LogP contribution in [0, 0.1) is 0 Å². The SMILES string of the molecule is O=C(Nc1ccc(C(=O)NC2CC2)c(Cl)c1)c1ccc(CN2C(=O)c3ccccc3C2=O)cc1. The van der Waals surface area contributed by atoms with Gasteiger partial charge in [0.25, 0.3) is 23.6 Å². The second-order valence-corrected chi connectivity index (χ2v) is 8.74. The molecule has 3 aromatic carbocycles. The number of rotatable bonds is 6. The number of nitrogens with one attached hydrogen (secondary N) is 2.